The Kier molecular flexibility index (Phi) is 6.34. The molecule has 1 aromatic rings. The Labute approximate surface area is 165 Å². The molecule has 1 aromatic carbocycles. The van der Waals surface area contributed by atoms with Crippen LogP contribution in [0, 0.1) is 0 Å². The van der Waals surface area contributed by atoms with Crippen molar-refractivity contribution < 1.29 is 19.1 Å². The van der Waals surface area contributed by atoms with Crippen LogP contribution in [0.3, 0.4) is 0 Å². The summed E-state index contributed by atoms with van der Waals surface area (Å²) in [6.45, 7) is 4.44. The summed E-state index contributed by atoms with van der Waals surface area (Å²) >= 11 is 0. The van der Waals surface area contributed by atoms with Gasteiger partial charge in [0, 0.05) is 19.0 Å². The SMILES string of the molecule is COc1cc(C=C2N=C3CCCCCN3C2=O)ccc1OCC(=O)NC(C)C. The molecule has 0 unspecified atom stereocenters. The van der Waals surface area contributed by atoms with Crippen molar-refractivity contribution in [3.05, 3.63) is 29.5 Å². The van der Waals surface area contributed by atoms with E-state index >= 15 is 0 Å². The average molecular weight is 385 g/mol. The molecule has 7 nitrogen and oxygen atoms in total. The second-order valence-corrected chi connectivity index (χ2v) is 7.25. The topological polar surface area (TPSA) is 80.2 Å². The lowest BCUT2D eigenvalue weighted by atomic mass is 10.1. The molecule has 0 aliphatic carbocycles. The number of ether oxygens (including phenoxy) is 2. The summed E-state index contributed by atoms with van der Waals surface area (Å²) in [4.78, 5) is 30.7. The molecule has 2 aliphatic heterocycles. The van der Waals surface area contributed by atoms with Gasteiger partial charge in [-0.2, -0.15) is 0 Å². The van der Waals surface area contributed by atoms with Crippen LogP contribution in [0.4, 0.5) is 0 Å². The number of fused-ring (bicyclic) bond motifs is 1. The van der Waals surface area contributed by atoms with Crippen molar-refractivity contribution in [2.24, 2.45) is 4.99 Å². The zero-order valence-electron chi connectivity index (χ0n) is 16.7. The molecule has 2 heterocycles. The number of nitrogens with one attached hydrogen (secondary N) is 1. The molecule has 0 aromatic heterocycles. The monoisotopic (exact) mass is 385 g/mol. The van der Waals surface area contributed by atoms with E-state index in [0.29, 0.717) is 17.2 Å². The number of amides is 2. The van der Waals surface area contributed by atoms with E-state index in [1.165, 1.54) is 7.11 Å². The maximum absolute atomic E-state index is 12.6. The molecule has 1 N–H and O–H groups in total. The summed E-state index contributed by atoms with van der Waals surface area (Å²) in [7, 11) is 1.54. The minimum atomic E-state index is -0.191. The Hall–Kier alpha value is -2.83. The third-order valence-corrected chi connectivity index (χ3v) is 4.61. The molecule has 0 bridgehead atoms. The van der Waals surface area contributed by atoms with Crippen molar-refractivity contribution in [1.82, 2.24) is 10.2 Å². The molecule has 0 radical (unpaired) electrons. The summed E-state index contributed by atoms with van der Waals surface area (Å²) in [6, 6.07) is 5.39. The average Bonchev–Trinajstić information content (AvgIpc) is 2.83. The van der Waals surface area contributed by atoms with E-state index in [4.69, 9.17) is 9.47 Å². The first-order valence-corrected chi connectivity index (χ1v) is 9.69. The van der Waals surface area contributed by atoms with Crippen molar-refractivity contribution in [3.8, 4) is 11.5 Å². The van der Waals surface area contributed by atoms with E-state index in [0.717, 1.165) is 43.6 Å². The minimum absolute atomic E-state index is 0.0402. The number of amidine groups is 1. The number of aliphatic imine (C=N–C) groups is 1. The largest absolute Gasteiger partial charge is 0.493 e. The van der Waals surface area contributed by atoms with Gasteiger partial charge in [-0.05, 0) is 50.5 Å². The standard InChI is InChI=1S/C21H27N3O4/c1-14(2)22-20(25)13-28-17-9-8-15(12-18(17)27-3)11-16-21(26)24-10-6-4-5-7-19(24)23-16/h8-9,11-12,14H,4-7,10,13H2,1-3H3,(H,22,25). The normalized spacial score (nSPS) is 18.0. The fraction of sp³-hybridized carbons (Fsp3) is 0.476. The summed E-state index contributed by atoms with van der Waals surface area (Å²) in [5.74, 6) is 1.61. The highest BCUT2D eigenvalue weighted by atomic mass is 16.5. The lowest BCUT2D eigenvalue weighted by Crippen LogP contribution is -2.34. The van der Waals surface area contributed by atoms with Crippen LogP contribution in [0.2, 0.25) is 0 Å². The van der Waals surface area contributed by atoms with Crippen LogP contribution in [0.1, 0.15) is 45.1 Å². The third-order valence-electron chi connectivity index (χ3n) is 4.61. The van der Waals surface area contributed by atoms with E-state index in [2.05, 4.69) is 10.3 Å². The van der Waals surface area contributed by atoms with E-state index in [1.807, 2.05) is 19.9 Å². The van der Waals surface area contributed by atoms with Gasteiger partial charge in [0.2, 0.25) is 0 Å². The van der Waals surface area contributed by atoms with Gasteiger partial charge < -0.3 is 14.8 Å². The maximum Gasteiger partial charge on any atom is 0.277 e. The molecule has 28 heavy (non-hydrogen) atoms. The molecular weight excluding hydrogens is 358 g/mol. The van der Waals surface area contributed by atoms with Crippen molar-refractivity contribution >= 4 is 23.7 Å². The Morgan fingerprint density at radius 3 is 2.86 bits per heavy atom. The Morgan fingerprint density at radius 2 is 2.11 bits per heavy atom. The number of hydrogen-bond acceptors (Lipinski definition) is 5. The van der Waals surface area contributed by atoms with Crippen LogP contribution in [0.15, 0.2) is 28.9 Å². The van der Waals surface area contributed by atoms with Gasteiger partial charge >= 0.3 is 0 Å². The molecule has 1 fully saturated rings. The predicted molar refractivity (Wildman–Crippen MR) is 107 cm³/mol. The molecule has 0 spiro atoms. The van der Waals surface area contributed by atoms with Gasteiger partial charge in [0.1, 0.15) is 11.5 Å². The van der Waals surface area contributed by atoms with Crippen LogP contribution in [0.25, 0.3) is 6.08 Å². The van der Waals surface area contributed by atoms with Gasteiger partial charge in [-0.1, -0.05) is 12.5 Å². The molecule has 0 atom stereocenters. The lowest BCUT2D eigenvalue weighted by molar-refractivity contribution is -0.124. The predicted octanol–water partition coefficient (Wildman–Crippen LogP) is 2.75. The maximum atomic E-state index is 12.6. The van der Waals surface area contributed by atoms with Gasteiger partial charge in [0.05, 0.1) is 7.11 Å². The smallest absolute Gasteiger partial charge is 0.277 e. The Morgan fingerprint density at radius 1 is 1.29 bits per heavy atom. The Balaban J connectivity index is 1.74. The summed E-state index contributed by atoms with van der Waals surface area (Å²) in [5.41, 5.74) is 1.24. The molecular formula is C21H27N3O4. The second-order valence-electron chi connectivity index (χ2n) is 7.25. The molecule has 7 heteroatoms. The van der Waals surface area contributed by atoms with Crippen LogP contribution in [0.5, 0.6) is 11.5 Å². The molecule has 2 aliphatic rings. The highest BCUT2D eigenvalue weighted by Crippen LogP contribution is 2.30. The fourth-order valence-electron chi connectivity index (χ4n) is 3.31. The number of benzene rings is 1. The number of rotatable bonds is 6. The zero-order valence-corrected chi connectivity index (χ0v) is 16.7. The lowest BCUT2D eigenvalue weighted by Gasteiger charge is -2.14. The highest BCUT2D eigenvalue weighted by molar-refractivity contribution is 6.14. The van der Waals surface area contributed by atoms with Gasteiger partial charge in [-0.15, -0.1) is 0 Å². The van der Waals surface area contributed by atoms with Crippen molar-refractivity contribution in [2.45, 2.75) is 45.6 Å². The van der Waals surface area contributed by atoms with Gasteiger partial charge in [-0.3, -0.25) is 14.5 Å². The van der Waals surface area contributed by atoms with E-state index < -0.39 is 0 Å². The first-order chi connectivity index (χ1) is 13.5. The number of carbonyl (C=O) groups excluding carboxylic acids is 2. The van der Waals surface area contributed by atoms with Gasteiger partial charge in [-0.25, -0.2) is 4.99 Å². The van der Waals surface area contributed by atoms with Gasteiger partial charge in [0.25, 0.3) is 11.8 Å². The van der Waals surface area contributed by atoms with Crippen LogP contribution >= 0.6 is 0 Å². The number of carbonyl (C=O) groups is 2. The first-order valence-electron chi connectivity index (χ1n) is 9.69. The zero-order chi connectivity index (χ0) is 20.1. The fourth-order valence-corrected chi connectivity index (χ4v) is 3.31. The number of methoxy groups -OCH3 is 1. The number of nitrogens with zero attached hydrogens (tertiary/aromatic N) is 2. The van der Waals surface area contributed by atoms with E-state index in [1.54, 1.807) is 23.1 Å². The second kappa shape index (κ2) is 8.91. The summed E-state index contributed by atoms with van der Waals surface area (Å²) in [5, 5.41) is 2.77. The van der Waals surface area contributed by atoms with Crippen LogP contribution in [-0.2, 0) is 9.59 Å². The molecule has 2 amide bonds. The molecule has 0 saturated carbocycles. The number of hydrogen-bond donors (Lipinski definition) is 1. The quantitative estimate of drug-likeness (QED) is 0.764. The van der Waals surface area contributed by atoms with Crippen LogP contribution < -0.4 is 14.8 Å². The Bertz CT molecular complexity index is 814. The molecule has 3 rings (SSSR count). The van der Waals surface area contributed by atoms with Crippen LogP contribution in [-0.4, -0.2) is 48.9 Å². The van der Waals surface area contributed by atoms with Gasteiger partial charge in [0.15, 0.2) is 18.1 Å². The highest BCUT2D eigenvalue weighted by Gasteiger charge is 2.30. The van der Waals surface area contributed by atoms with E-state index in [-0.39, 0.29) is 24.5 Å². The van der Waals surface area contributed by atoms with Crippen molar-refractivity contribution in [2.75, 3.05) is 20.3 Å². The molecule has 150 valence electrons. The summed E-state index contributed by atoms with van der Waals surface area (Å²) in [6.07, 6.45) is 5.83. The van der Waals surface area contributed by atoms with Crippen molar-refractivity contribution in [3.63, 3.8) is 0 Å². The first kappa shape index (κ1) is 19.9. The summed E-state index contributed by atoms with van der Waals surface area (Å²) < 4.78 is 11.0. The minimum Gasteiger partial charge on any atom is -0.493 e. The van der Waals surface area contributed by atoms with E-state index in [9.17, 15) is 9.59 Å². The third kappa shape index (κ3) is 4.71. The van der Waals surface area contributed by atoms with Crippen molar-refractivity contribution in [1.29, 1.82) is 0 Å². The molecule has 1 saturated heterocycles.